The predicted molar refractivity (Wildman–Crippen MR) is 105 cm³/mol. The van der Waals surface area contributed by atoms with Gasteiger partial charge < -0.3 is 4.74 Å². The van der Waals surface area contributed by atoms with Crippen molar-refractivity contribution in [2.45, 2.75) is 23.7 Å². The Hall–Kier alpha value is -2.64. The Morgan fingerprint density at radius 3 is 2.67 bits per heavy atom. The highest BCUT2D eigenvalue weighted by molar-refractivity contribution is 8.00. The molecule has 0 fully saturated rings. The molecule has 0 N–H and O–H groups in total. The maximum Gasteiger partial charge on any atom is 0.319 e. The number of carbonyl (C=O) groups is 1. The molecule has 0 aliphatic carbocycles. The Morgan fingerprint density at radius 2 is 1.96 bits per heavy atom. The smallest absolute Gasteiger partial charge is 0.319 e. The third kappa shape index (κ3) is 4.75. The zero-order valence-electron chi connectivity index (χ0n) is 14.3. The van der Waals surface area contributed by atoms with Gasteiger partial charge in [0.15, 0.2) is 0 Å². The SMILES string of the molecule is C[C@@H](Sc1ccc([N+](=O)[O-])cc1)C(=O)OCc1cc2ccccc2nc1Cl. The normalized spacial score (nSPS) is 11.9. The van der Waals surface area contributed by atoms with Crippen LogP contribution in [0.5, 0.6) is 0 Å². The van der Waals surface area contributed by atoms with Crippen LogP contribution in [-0.4, -0.2) is 21.1 Å². The van der Waals surface area contributed by atoms with Crippen LogP contribution in [0.4, 0.5) is 5.69 Å². The summed E-state index contributed by atoms with van der Waals surface area (Å²) in [5, 5.41) is 11.4. The lowest BCUT2D eigenvalue weighted by atomic mass is 10.2. The van der Waals surface area contributed by atoms with Gasteiger partial charge in [-0.15, -0.1) is 11.8 Å². The number of nitro groups is 1. The van der Waals surface area contributed by atoms with Crippen molar-refractivity contribution in [3.05, 3.63) is 75.4 Å². The zero-order chi connectivity index (χ0) is 19.4. The number of nitrogens with zero attached hydrogens (tertiary/aromatic N) is 2. The summed E-state index contributed by atoms with van der Waals surface area (Å²) < 4.78 is 5.36. The van der Waals surface area contributed by atoms with Gasteiger partial charge in [-0.1, -0.05) is 29.8 Å². The van der Waals surface area contributed by atoms with Crippen molar-refractivity contribution in [2.24, 2.45) is 0 Å². The molecule has 0 bridgehead atoms. The minimum absolute atomic E-state index is 0.00743. The van der Waals surface area contributed by atoms with Gasteiger partial charge in [0.05, 0.1) is 10.4 Å². The lowest BCUT2D eigenvalue weighted by Gasteiger charge is -2.12. The molecule has 2 aromatic carbocycles. The van der Waals surface area contributed by atoms with E-state index in [1.165, 1.54) is 23.9 Å². The number of aromatic nitrogens is 1. The number of nitro benzene ring substituents is 1. The van der Waals surface area contributed by atoms with E-state index in [2.05, 4.69) is 4.98 Å². The van der Waals surface area contributed by atoms with E-state index in [-0.39, 0.29) is 12.3 Å². The maximum absolute atomic E-state index is 12.3. The van der Waals surface area contributed by atoms with Crippen LogP contribution in [-0.2, 0) is 16.1 Å². The zero-order valence-corrected chi connectivity index (χ0v) is 15.9. The maximum atomic E-state index is 12.3. The van der Waals surface area contributed by atoms with Crippen molar-refractivity contribution in [3.8, 4) is 0 Å². The van der Waals surface area contributed by atoms with Gasteiger partial charge in [0.25, 0.3) is 5.69 Å². The first-order chi connectivity index (χ1) is 12.9. The number of rotatable bonds is 6. The number of carbonyl (C=O) groups excluding carboxylic acids is 1. The largest absolute Gasteiger partial charge is 0.460 e. The molecule has 0 spiro atoms. The minimum Gasteiger partial charge on any atom is -0.460 e. The van der Waals surface area contributed by atoms with E-state index in [1.54, 1.807) is 19.1 Å². The highest BCUT2D eigenvalue weighted by Gasteiger charge is 2.17. The number of pyridine rings is 1. The van der Waals surface area contributed by atoms with Crippen LogP contribution >= 0.6 is 23.4 Å². The van der Waals surface area contributed by atoms with Crippen LogP contribution in [0.15, 0.2) is 59.5 Å². The molecule has 0 aliphatic rings. The van der Waals surface area contributed by atoms with Crippen LogP contribution in [0.25, 0.3) is 10.9 Å². The molecule has 0 saturated carbocycles. The quantitative estimate of drug-likeness (QED) is 0.189. The van der Waals surface area contributed by atoms with E-state index in [1.807, 2.05) is 30.3 Å². The summed E-state index contributed by atoms with van der Waals surface area (Å²) in [6.45, 7) is 1.75. The number of ether oxygens (including phenoxy) is 1. The summed E-state index contributed by atoms with van der Waals surface area (Å²) in [4.78, 5) is 27.5. The summed E-state index contributed by atoms with van der Waals surface area (Å²) >= 11 is 7.44. The van der Waals surface area contributed by atoms with E-state index in [0.717, 1.165) is 15.8 Å². The van der Waals surface area contributed by atoms with E-state index in [0.29, 0.717) is 10.7 Å². The molecule has 0 saturated heterocycles. The van der Waals surface area contributed by atoms with Crippen molar-refractivity contribution >= 4 is 45.9 Å². The monoisotopic (exact) mass is 402 g/mol. The average molecular weight is 403 g/mol. The number of benzene rings is 2. The van der Waals surface area contributed by atoms with Gasteiger partial charge in [0.1, 0.15) is 17.0 Å². The van der Waals surface area contributed by atoms with Crippen molar-refractivity contribution in [1.29, 1.82) is 0 Å². The number of esters is 1. The van der Waals surface area contributed by atoms with E-state index < -0.39 is 16.1 Å². The molecule has 0 radical (unpaired) electrons. The van der Waals surface area contributed by atoms with Gasteiger partial charge in [-0.3, -0.25) is 14.9 Å². The first-order valence-electron chi connectivity index (χ1n) is 8.06. The second kappa shape index (κ2) is 8.37. The fraction of sp³-hybridized carbons (Fsp3) is 0.158. The predicted octanol–water partition coefficient (Wildman–Crippen LogP) is 5.02. The van der Waals surface area contributed by atoms with Crippen LogP contribution in [0, 0.1) is 10.1 Å². The van der Waals surface area contributed by atoms with Gasteiger partial charge in [0, 0.05) is 28.0 Å². The van der Waals surface area contributed by atoms with Crippen molar-refractivity contribution < 1.29 is 14.5 Å². The van der Waals surface area contributed by atoms with Crippen LogP contribution < -0.4 is 0 Å². The number of non-ortho nitro benzene ring substituents is 1. The standard InChI is InChI=1S/C19H15ClN2O4S/c1-12(27-16-8-6-15(7-9-16)22(24)25)19(23)26-11-14-10-13-4-2-3-5-17(13)21-18(14)20/h2-10,12H,11H2,1H3/t12-/m1/s1. The summed E-state index contributed by atoms with van der Waals surface area (Å²) in [6, 6.07) is 15.4. The number of hydrogen-bond acceptors (Lipinski definition) is 6. The van der Waals surface area contributed by atoms with Gasteiger partial charge in [-0.25, -0.2) is 4.98 Å². The Morgan fingerprint density at radius 1 is 1.26 bits per heavy atom. The topological polar surface area (TPSA) is 82.3 Å². The third-order valence-electron chi connectivity index (χ3n) is 3.81. The van der Waals surface area contributed by atoms with Gasteiger partial charge in [-0.2, -0.15) is 0 Å². The highest BCUT2D eigenvalue weighted by atomic mass is 35.5. The van der Waals surface area contributed by atoms with Crippen LogP contribution in [0.2, 0.25) is 5.15 Å². The van der Waals surface area contributed by atoms with Gasteiger partial charge >= 0.3 is 5.97 Å². The van der Waals surface area contributed by atoms with Gasteiger partial charge in [0.2, 0.25) is 0 Å². The number of fused-ring (bicyclic) bond motifs is 1. The molecule has 1 atom stereocenters. The number of halogens is 1. The molecule has 138 valence electrons. The first kappa shape index (κ1) is 19.1. The van der Waals surface area contributed by atoms with Crippen molar-refractivity contribution in [2.75, 3.05) is 0 Å². The second-order valence-electron chi connectivity index (χ2n) is 5.75. The van der Waals surface area contributed by atoms with Crippen molar-refractivity contribution in [1.82, 2.24) is 4.98 Å². The third-order valence-corrected chi connectivity index (χ3v) is 5.23. The summed E-state index contributed by atoms with van der Waals surface area (Å²) in [6.07, 6.45) is 0. The molecule has 1 heterocycles. The average Bonchev–Trinajstić information content (AvgIpc) is 2.66. The number of hydrogen-bond donors (Lipinski definition) is 0. The molecule has 27 heavy (non-hydrogen) atoms. The molecular weight excluding hydrogens is 388 g/mol. The Bertz CT molecular complexity index is 995. The van der Waals surface area contributed by atoms with Crippen LogP contribution in [0.1, 0.15) is 12.5 Å². The second-order valence-corrected chi connectivity index (χ2v) is 7.52. The summed E-state index contributed by atoms with van der Waals surface area (Å²) in [5.41, 5.74) is 1.42. The van der Waals surface area contributed by atoms with E-state index in [9.17, 15) is 14.9 Å². The molecule has 3 rings (SSSR count). The lowest BCUT2D eigenvalue weighted by molar-refractivity contribution is -0.384. The lowest BCUT2D eigenvalue weighted by Crippen LogP contribution is -2.17. The summed E-state index contributed by atoms with van der Waals surface area (Å²) in [5.74, 6) is -0.400. The fourth-order valence-electron chi connectivity index (χ4n) is 2.40. The molecule has 1 aromatic heterocycles. The molecule has 3 aromatic rings. The fourth-order valence-corrected chi connectivity index (χ4v) is 3.47. The van der Waals surface area contributed by atoms with Crippen LogP contribution in [0.3, 0.4) is 0 Å². The first-order valence-corrected chi connectivity index (χ1v) is 9.31. The van der Waals surface area contributed by atoms with E-state index in [4.69, 9.17) is 16.3 Å². The molecule has 0 amide bonds. The van der Waals surface area contributed by atoms with Crippen molar-refractivity contribution in [3.63, 3.8) is 0 Å². The van der Waals surface area contributed by atoms with Gasteiger partial charge in [-0.05, 0) is 31.2 Å². The molecule has 8 heteroatoms. The molecular formula is C19H15ClN2O4S. The van der Waals surface area contributed by atoms with E-state index >= 15 is 0 Å². The summed E-state index contributed by atoms with van der Waals surface area (Å²) in [7, 11) is 0. The molecule has 0 aliphatic heterocycles. The Labute approximate surface area is 164 Å². The highest BCUT2D eigenvalue weighted by Crippen LogP contribution is 2.27. The molecule has 6 nitrogen and oxygen atoms in total. The molecule has 0 unspecified atom stereocenters. The minimum atomic E-state index is -0.473. The Kier molecular flexibility index (Phi) is 5.93. The number of para-hydroxylation sites is 1. The Balaban J connectivity index is 1.61. The number of thioether (sulfide) groups is 1.